The highest BCUT2D eigenvalue weighted by Gasteiger charge is 2.04. The van der Waals surface area contributed by atoms with E-state index in [1.165, 1.54) is 10.8 Å². The number of guanidine groups is 1. The van der Waals surface area contributed by atoms with Crippen molar-refractivity contribution in [2.24, 2.45) is 4.99 Å². The number of nitrogens with one attached hydrogen (secondary N) is 2. The van der Waals surface area contributed by atoms with Crippen molar-refractivity contribution >= 4 is 51.5 Å². The molecule has 0 aliphatic rings. The second-order valence-corrected chi connectivity index (χ2v) is 7.06. The molecule has 0 saturated carbocycles. The molecular weight excluding hydrogens is 474 g/mol. The average Bonchev–Trinajstić information content (AvgIpc) is 3.08. The average molecular weight is 498 g/mol. The summed E-state index contributed by atoms with van der Waals surface area (Å²) >= 11 is 1.75. The van der Waals surface area contributed by atoms with Crippen LogP contribution >= 0.6 is 35.3 Å². The summed E-state index contributed by atoms with van der Waals surface area (Å²) in [6.45, 7) is 1.45. The number of para-hydroxylation sites is 1. The number of thiazole rings is 1. The molecule has 0 amide bonds. The number of nitrogens with zero attached hydrogens (tertiary/aromatic N) is 2. The molecule has 0 aliphatic carbocycles. The molecule has 7 heteroatoms. The van der Waals surface area contributed by atoms with E-state index in [1.54, 1.807) is 24.5 Å². The number of hydrogen-bond donors (Lipinski definition) is 2. The van der Waals surface area contributed by atoms with E-state index in [1.807, 2.05) is 24.3 Å². The van der Waals surface area contributed by atoms with Gasteiger partial charge in [0.2, 0.25) is 0 Å². The number of benzene rings is 2. The minimum absolute atomic E-state index is 0. The number of aromatic nitrogens is 1. The van der Waals surface area contributed by atoms with Crippen LogP contribution in [0.3, 0.4) is 0 Å². The first-order valence-electron chi connectivity index (χ1n) is 8.78. The van der Waals surface area contributed by atoms with Crippen molar-refractivity contribution in [2.75, 3.05) is 20.1 Å². The molecule has 2 N–H and O–H groups in total. The zero-order valence-corrected chi connectivity index (χ0v) is 18.4. The third-order valence-electron chi connectivity index (χ3n) is 4.07. The number of hydrogen-bond acceptors (Lipinski definition) is 3. The van der Waals surface area contributed by atoms with E-state index in [0.29, 0.717) is 18.5 Å². The quantitative estimate of drug-likeness (QED) is 0.220. The van der Waals surface area contributed by atoms with Crippen LogP contribution in [0.15, 0.2) is 53.5 Å². The Kier molecular flexibility index (Phi) is 8.93. The Bertz CT molecular complexity index is 848. The summed E-state index contributed by atoms with van der Waals surface area (Å²) in [6.07, 6.45) is 2.55. The molecule has 3 aromatic rings. The van der Waals surface area contributed by atoms with Gasteiger partial charge in [0, 0.05) is 26.6 Å². The number of aryl methyl sites for hydroxylation is 1. The third kappa shape index (κ3) is 6.42. The standard InChI is InChI=1S/C20H23FN4S.HI/c1-22-20(24-14-12-15-7-2-3-8-16(15)21)23-13-6-11-19-25-17-9-4-5-10-18(17)26-19;/h2-5,7-10H,6,11-14H2,1H3,(H2,22,23,24);1H. The first-order chi connectivity index (χ1) is 12.8. The van der Waals surface area contributed by atoms with Crippen molar-refractivity contribution in [2.45, 2.75) is 19.3 Å². The van der Waals surface area contributed by atoms with Crippen LogP contribution in [0, 0.1) is 5.82 Å². The predicted octanol–water partition coefficient (Wildman–Crippen LogP) is 4.39. The lowest BCUT2D eigenvalue weighted by Crippen LogP contribution is -2.38. The van der Waals surface area contributed by atoms with Gasteiger partial charge in [-0.05, 0) is 36.6 Å². The van der Waals surface area contributed by atoms with Gasteiger partial charge in [0.1, 0.15) is 5.82 Å². The fourth-order valence-corrected chi connectivity index (χ4v) is 3.72. The summed E-state index contributed by atoms with van der Waals surface area (Å²) in [4.78, 5) is 8.86. The van der Waals surface area contributed by atoms with Crippen LogP contribution in [-0.4, -0.2) is 31.1 Å². The van der Waals surface area contributed by atoms with E-state index < -0.39 is 0 Å². The van der Waals surface area contributed by atoms with E-state index in [2.05, 4.69) is 32.7 Å². The third-order valence-corrected chi connectivity index (χ3v) is 5.16. The SMILES string of the molecule is CN=C(NCCCc1nc2ccccc2s1)NCCc1ccccc1F.I. The lowest BCUT2D eigenvalue weighted by molar-refractivity contribution is 0.606. The summed E-state index contributed by atoms with van der Waals surface area (Å²) in [6, 6.07) is 15.1. The summed E-state index contributed by atoms with van der Waals surface area (Å²) in [5, 5.41) is 7.68. The van der Waals surface area contributed by atoms with Crippen molar-refractivity contribution < 1.29 is 4.39 Å². The summed E-state index contributed by atoms with van der Waals surface area (Å²) < 4.78 is 14.8. The Hall–Kier alpha value is -1.74. The zero-order chi connectivity index (χ0) is 18.2. The highest BCUT2D eigenvalue weighted by molar-refractivity contribution is 14.0. The molecule has 0 atom stereocenters. The lowest BCUT2D eigenvalue weighted by atomic mass is 10.1. The van der Waals surface area contributed by atoms with Crippen LogP contribution in [-0.2, 0) is 12.8 Å². The van der Waals surface area contributed by atoms with Gasteiger partial charge in [0.25, 0.3) is 0 Å². The second kappa shape index (κ2) is 11.2. The topological polar surface area (TPSA) is 49.3 Å². The number of aliphatic imine (C=N–C) groups is 1. The number of rotatable bonds is 7. The van der Waals surface area contributed by atoms with Gasteiger partial charge in [-0.3, -0.25) is 4.99 Å². The highest BCUT2D eigenvalue weighted by Crippen LogP contribution is 2.22. The number of halogens is 2. The van der Waals surface area contributed by atoms with Gasteiger partial charge < -0.3 is 10.6 Å². The summed E-state index contributed by atoms with van der Waals surface area (Å²) in [7, 11) is 1.74. The highest BCUT2D eigenvalue weighted by atomic mass is 127. The van der Waals surface area contributed by atoms with Gasteiger partial charge in [-0.15, -0.1) is 35.3 Å². The van der Waals surface area contributed by atoms with Gasteiger partial charge >= 0.3 is 0 Å². The lowest BCUT2D eigenvalue weighted by Gasteiger charge is -2.11. The van der Waals surface area contributed by atoms with Crippen LogP contribution in [0.4, 0.5) is 4.39 Å². The van der Waals surface area contributed by atoms with E-state index in [9.17, 15) is 4.39 Å². The van der Waals surface area contributed by atoms with Gasteiger partial charge in [-0.2, -0.15) is 0 Å². The zero-order valence-electron chi connectivity index (χ0n) is 15.2. The van der Waals surface area contributed by atoms with E-state index in [0.717, 1.165) is 35.9 Å². The molecule has 27 heavy (non-hydrogen) atoms. The van der Waals surface area contributed by atoms with E-state index in [-0.39, 0.29) is 29.8 Å². The maximum absolute atomic E-state index is 13.6. The minimum atomic E-state index is -0.159. The molecule has 2 aromatic carbocycles. The minimum Gasteiger partial charge on any atom is -0.356 e. The van der Waals surface area contributed by atoms with Gasteiger partial charge in [-0.25, -0.2) is 9.37 Å². The Morgan fingerprint density at radius 3 is 2.56 bits per heavy atom. The van der Waals surface area contributed by atoms with Crippen LogP contribution in [0.2, 0.25) is 0 Å². The predicted molar refractivity (Wildman–Crippen MR) is 123 cm³/mol. The second-order valence-electron chi connectivity index (χ2n) is 5.95. The van der Waals surface area contributed by atoms with Crippen molar-refractivity contribution in [1.82, 2.24) is 15.6 Å². The molecule has 0 radical (unpaired) electrons. The molecule has 0 fully saturated rings. The maximum Gasteiger partial charge on any atom is 0.190 e. The van der Waals surface area contributed by atoms with E-state index in [4.69, 9.17) is 0 Å². The van der Waals surface area contributed by atoms with Crippen molar-refractivity contribution in [3.8, 4) is 0 Å². The van der Waals surface area contributed by atoms with Crippen LogP contribution in [0.5, 0.6) is 0 Å². The Morgan fingerprint density at radius 1 is 1.04 bits per heavy atom. The van der Waals surface area contributed by atoms with Crippen molar-refractivity contribution in [1.29, 1.82) is 0 Å². The first kappa shape index (κ1) is 21.6. The smallest absolute Gasteiger partial charge is 0.190 e. The molecule has 0 aliphatic heterocycles. The fraction of sp³-hybridized carbons (Fsp3) is 0.300. The summed E-state index contributed by atoms with van der Waals surface area (Å²) in [5.41, 5.74) is 1.79. The molecule has 0 unspecified atom stereocenters. The largest absolute Gasteiger partial charge is 0.356 e. The molecule has 0 bridgehead atoms. The first-order valence-corrected chi connectivity index (χ1v) is 9.60. The molecule has 4 nitrogen and oxygen atoms in total. The molecule has 1 heterocycles. The number of fused-ring (bicyclic) bond motifs is 1. The Morgan fingerprint density at radius 2 is 1.78 bits per heavy atom. The van der Waals surface area contributed by atoms with E-state index >= 15 is 0 Å². The van der Waals surface area contributed by atoms with Gasteiger partial charge in [0.15, 0.2) is 5.96 Å². The monoisotopic (exact) mass is 498 g/mol. The maximum atomic E-state index is 13.6. The fourth-order valence-electron chi connectivity index (χ4n) is 2.71. The Balaban J connectivity index is 0.00000261. The molecule has 144 valence electrons. The van der Waals surface area contributed by atoms with Crippen LogP contribution in [0.25, 0.3) is 10.2 Å². The molecule has 3 rings (SSSR count). The molecular formula is C20H24FIN4S. The van der Waals surface area contributed by atoms with Crippen molar-refractivity contribution in [3.63, 3.8) is 0 Å². The Labute approximate surface area is 180 Å². The van der Waals surface area contributed by atoms with Crippen LogP contribution in [0.1, 0.15) is 17.0 Å². The summed E-state index contributed by atoms with van der Waals surface area (Å²) in [5.74, 6) is 0.582. The van der Waals surface area contributed by atoms with Gasteiger partial charge in [-0.1, -0.05) is 30.3 Å². The normalized spacial score (nSPS) is 11.3. The molecule has 1 aromatic heterocycles. The van der Waals surface area contributed by atoms with Crippen LogP contribution < -0.4 is 10.6 Å². The molecule has 0 saturated heterocycles. The van der Waals surface area contributed by atoms with Gasteiger partial charge in [0.05, 0.1) is 15.2 Å². The van der Waals surface area contributed by atoms with Crippen molar-refractivity contribution in [3.05, 3.63) is 64.9 Å². The molecule has 0 spiro atoms.